The summed E-state index contributed by atoms with van der Waals surface area (Å²) in [6.07, 6.45) is -3.49. The lowest BCUT2D eigenvalue weighted by atomic mass is 9.91. The fourth-order valence-electron chi connectivity index (χ4n) is 2.23. The SMILES string of the molecule is O=C(O)C(O)c1ccccc1-c1ccccc1C(O)C(=O)O. The van der Waals surface area contributed by atoms with Crippen LogP contribution < -0.4 is 0 Å². The second-order valence-corrected chi connectivity index (χ2v) is 4.66. The number of carbonyl (C=O) groups is 2. The van der Waals surface area contributed by atoms with E-state index >= 15 is 0 Å². The molecule has 0 aliphatic carbocycles. The monoisotopic (exact) mass is 302 g/mol. The van der Waals surface area contributed by atoms with Gasteiger partial charge in [-0.1, -0.05) is 48.5 Å². The van der Waals surface area contributed by atoms with Crippen molar-refractivity contribution in [2.75, 3.05) is 0 Å². The van der Waals surface area contributed by atoms with Crippen molar-refractivity contribution >= 4 is 11.9 Å². The number of carboxylic acids is 2. The number of carboxylic acid groups (broad SMARTS) is 2. The maximum atomic E-state index is 11.0. The molecule has 0 aromatic heterocycles. The molecule has 2 atom stereocenters. The molecule has 2 unspecified atom stereocenters. The molecule has 0 spiro atoms. The van der Waals surface area contributed by atoms with E-state index in [9.17, 15) is 19.8 Å². The quantitative estimate of drug-likeness (QED) is 0.666. The van der Waals surface area contributed by atoms with Gasteiger partial charge in [0.2, 0.25) is 0 Å². The van der Waals surface area contributed by atoms with Crippen molar-refractivity contribution in [1.29, 1.82) is 0 Å². The van der Waals surface area contributed by atoms with Gasteiger partial charge < -0.3 is 20.4 Å². The Hall–Kier alpha value is -2.70. The van der Waals surface area contributed by atoms with Gasteiger partial charge in [0.05, 0.1) is 0 Å². The molecule has 0 fully saturated rings. The molecule has 0 bridgehead atoms. The van der Waals surface area contributed by atoms with Gasteiger partial charge in [0.15, 0.2) is 12.2 Å². The minimum absolute atomic E-state index is 0.125. The molecule has 6 heteroatoms. The third-order valence-electron chi connectivity index (χ3n) is 3.27. The first-order valence-electron chi connectivity index (χ1n) is 6.43. The number of aliphatic carboxylic acids is 2. The maximum Gasteiger partial charge on any atom is 0.337 e. The maximum absolute atomic E-state index is 11.0. The van der Waals surface area contributed by atoms with Gasteiger partial charge in [0.1, 0.15) is 0 Å². The largest absolute Gasteiger partial charge is 0.479 e. The Morgan fingerprint density at radius 3 is 1.32 bits per heavy atom. The zero-order valence-electron chi connectivity index (χ0n) is 11.4. The van der Waals surface area contributed by atoms with E-state index in [4.69, 9.17) is 10.2 Å². The zero-order chi connectivity index (χ0) is 16.3. The first-order valence-corrected chi connectivity index (χ1v) is 6.43. The van der Waals surface area contributed by atoms with Gasteiger partial charge in [0.25, 0.3) is 0 Å². The van der Waals surface area contributed by atoms with Crippen LogP contribution in [0, 0.1) is 0 Å². The molecule has 0 radical (unpaired) electrons. The van der Waals surface area contributed by atoms with Crippen molar-refractivity contribution in [1.82, 2.24) is 0 Å². The fourth-order valence-corrected chi connectivity index (χ4v) is 2.23. The molecule has 0 amide bonds. The van der Waals surface area contributed by atoms with Crippen molar-refractivity contribution in [2.24, 2.45) is 0 Å². The molecule has 0 saturated carbocycles. The van der Waals surface area contributed by atoms with Crippen LogP contribution in [0.1, 0.15) is 23.3 Å². The number of hydrogen-bond donors (Lipinski definition) is 4. The molecule has 4 N–H and O–H groups in total. The summed E-state index contributed by atoms with van der Waals surface area (Å²) in [6.45, 7) is 0. The molecule has 22 heavy (non-hydrogen) atoms. The number of aliphatic hydroxyl groups excluding tert-OH is 2. The predicted molar refractivity (Wildman–Crippen MR) is 77.1 cm³/mol. The summed E-state index contributed by atoms with van der Waals surface area (Å²) in [5.74, 6) is -2.83. The Morgan fingerprint density at radius 2 is 1.00 bits per heavy atom. The molecule has 0 aliphatic rings. The molecule has 114 valence electrons. The summed E-state index contributed by atoms with van der Waals surface area (Å²) in [4.78, 5) is 22.0. The Labute approximate surface area is 125 Å². The molecule has 2 aromatic carbocycles. The Bertz CT molecular complexity index is 648. The normalized spacial score (nSPS) is 13.4. The average molecular weight is 302 g/mol. The van der Waals surface area contributed by atoms with E-state index in [0.717, 1.165) is 0 Å². The van der Waals surface area contributed by atoms with Crippen LogP contribution in [0.5, 0.6) is 0 Å². The second-order valence-electron chi connectivity index (χ2n) is 4.66. The van der Waals surface area contributed by atoms with Gasteiger partial charge in [-0.05, 0) is 22.3 Å². The van der Waals surface area contributed by atoms with Gasteiger partial charge in [-0.25, -0.2) is 9.59 Å². The van der Waals surface area contributed by atoms with Crippen molar-refractivity contribution in [3.8, 4) is 11.1 Å². The van der Waals surface area contributed by atoms with Crippen molar-refractivity contribution in [3.63, 3.8) is 0 Å². The molecular formula is C16H14O6. The van der Waals surface area contributed by atoms with Crippen molar-refractivity contribution in [3.05, 3.63) is 59.7 Å². The molecular weight excluding hydrogens is 288 g/mol. The van der Waals surface area contributed by atoms with E-state index in [1.54, 1.807) is 36.4 Å². The molecule has 0 heterocycles. The topological polar surface area (TPSA) is 115 Å². The minimum Gasteiger partial charge on any atom is -0.479 e. The third-order valence-corrected chi connectivity index (χ3v) is 3.27. The van der Waals surface area contributed by atoms with Crippen LogP contribution >= 0.6 is 0 Å². The summed E-state index contributed by atoms with van der Waals surface area (Å²) in [7, 11) is 0. The first-order chi connectivity index (χ1) is 10.4. The van der Waals surface area contributed by atoms with Crippen molar-refractivity contribution < 1.29 is 30.0 Å². The van der Waals surface area contributed by atoms with Gasteiger partial charge in [-0.3, -0.25) is 0 Å². The van der Waals surface area contributed by atoms with Crippen LogP contribution in [0.15, 0.2) is 48.5 Å². The van der Waals surface area contributed by atoms with Crippen LogP contribution in [0.25, 0.3) is 11.1 Å². The van der Waals surface area contributed by atoms with Crippen LogP contribution in [0.2, 0.25) is 0 Å². The minimum atomic E-state index is -1.74. The Balaban J connectivity index is 2.63. The Morgan fingerprint density at radius 1 is 0.682 bits per heavy atom. The standard InChI is InChI=1S/C16H14O6/c17-13(15(19)20)11-7-3-1-5-9(11)10-6-2-4-8-12(10)14(18)16(21)22/h1-8,13-14,17-18H,(H,19,20)(H,21,22). The van der Waals surface area contributed by atoms with E-state index < -0.39 is 24.1 Å². The van der Waals surface area contributed by atoms with E-state index in [1.807, 2.05) is 0 Å². The summed E-state index contributed by atoms with van der Waals surface area (Å²) >= 11 is 0. The summed E-state index contributed by atoms with van der Waals surface area (Å²) in [6, 6.07) is 12.4. The number of rotatable bonds is 5. The summed E-state index contributed by atoms with van der Waals surface area (Å²) in [5.41, 5.74) is 0.960. The van der Waals surface area contributed by atoms with Crippen molar-refractivity contribution in [2.45, 2.75) is 12.2 Å². The molecule has 2 aromatic rings. The van der Waals surface area contributed by atoms with Gasteiger partial charge >= 0.3 is 11.9 Å². The highest BCUT2D eigenvalue weighted by atomic mass is 16.4. The highest BCUT2D eigenvalue weighted by Gasteiger charge is 2.24. The smallest absolute Gasteiger partial charge is 0.337 e. The van der Waals surface area contributed by atoms with E-state index in [0.29, 0.717) is 11.1 Å². The van der Waals surface area contributed by atoms with Crippen LogP contribution in [-0.2, 0) is 9.59 Å². The van der Waals surface area contributed by atoms with Gasteiger partial charge in [-0.15, -0.1) is 0 Å². The lowest BCUT2D eigenvalue weighted by Crippen LogP contribution is -2.14. The number of aliphatic hydroxyl groups is 2. The van der Waals surface area contributed by atoms with Gasteiger partial charge in [0, 0.05) is 0 Å². The first kappa shape index (κ1) is 15.7. The second kappa shape index (κ2) is 6.38. The zero-order valence-corrected chi connectivity index (χ0v) is 11.4. The predicted octanol–water partition coefficient (Wildman–Crippen LogP) is 1.59. The van der Waals surface area contributed by atoms with E-state index in [2.05, 4.69) is 0 Å². The van der Waals surface area contributed by atoms with E-state index in [1.165, 1.54) is 12.1 Å². The summed E-state index contributed by atoms with van der Waals surface area (Å²) < 4.78 is 0. The number of benzene rings is 2. The van der Waals surface area contributed by atoms with E-state index in [-0.39, 0.29) is 11.1 Å². The molecule has 2 rings (SSSR count). The van der Waals surface area contributed by atoms with Gasteiger partial charge in [-0.2, -0.15) is 0 Å². The highest BCUT2D eigenvalue weighted by Crippen LogP contribution is 2.33. The van der Waals surface area contributed by atoms with Crippen LogP contribution in [0.3, 0.4) is 0 Å². The molecule has 6 nitrogen and oxygen atoms in total. The number of hydrogen-bond acceptors (Lipinski definition) is 4. The third kappa shape index (κ3) is 2.98. The lowest BCUT2D eigenvalue weighted by molar-refractivity contribution is -0.147. The molecule has 0 aliphatic heterocycles. The fraction of sp³-hybridized carbons (Fsp3) is 0.125. The Kier molecular flexibility index (Phi) is 4.55. The average Bonchev–Trinajstić information content (AvgIpc) is 2.53. The molecule has 0 saturated heterocycles. The summed E-state index contributed by atoms with van der Waals surface area (Å²) in [5, 5.41) is 37.6. The van der Waals surface area contributed by atoms with Crippen LogP contribution in [-0.4, -0.2) is 32.4 Å². The highest BCUT2D eigenvalue weighted by molar-refractivity contribution is 5.83. The lowest BCUT2D eigenvalue weighted by Gasteiger charge is -2.17. The van der Waals surface area contributed by atoms with Crippen LogP contribution in [0.4, 0.5) is 0 Å².